The maximum atomic E-state index is 12.4. The van der Waals surface area contributed by atoms with Gasteiger partial charge in [0.25, 0.3) is 0 Å². The second-order valence-electron chi connectivity index (χ2n) is 5.45. The van der Waals surface area contributed by atoms with E-state index in [0.717, 1.165) is 38.0 Å². The van der Waals surface area contributed by atoms with E-state index in [-0.39, 0.29) is 18.4 Å². The molecule has 1 saturated carbocycles. The predicted molar refractivity (Wildman–Crippen MR) is 73.5 cm³/mol. The van der Waals surface area contributed by atoms with Gasteiger partial charge in [0, 0.05) is 6.54 Å². The molecule has 102 valence electrons. The van der Waals surface area contributed by atoms with Crippen LogP contribution in [0.2, 0.25) is 0 Å². The molecule has 0 radical (unpaired) electrons. The van der Waals surface area contributed by atoms with Gasteiger partial charge in [-0.05, 0) is 50.5 Å². The summed E-state index contributed by atoms with van der Waals surface area (Å²) < 4.78 is 0. The Morgan fingerprint density at radius 1 is 1.39 bits per heavy atom. The lowest BCUT2D eigenvalue weighted by Gasteiger charge is -2.40. The summed E-state index contributed by atoms with van der Waals surface area (Å²) in [6, 6.07) is 0. The standard InChI is InChI=1S/C13H22N2O2S/c1-13(10-5-6-10)12(17)15(9-11(16)14-13)7-3-4-8-18-2/h10H,3-9H2,1-2H3,(H,14,16). The number of rotatable bonds is 6. The van der Waals surface area contributed by atoms with Crippen molar-refractivity contribution in [2.24, 2.45) is 5.92 Å². The molecule has 1 heterocycles. The van der Waals surface area contributed by atoms with Crippen molar-refractivity contribution in [3.8, 4) is 0 Å². The SMILES string of the molecule is CSCCCCN1CC(=O)NC(C)(C2CC2)C1=O. The summed E-state index contributed by atoms with van der Waals surface area (Å²) in [4.78, 5) is 25.9. The lowest BCUT2D eigenvalue weighted by Crippen LogP contribution is -2.66. The number of nitrogens with one attached hydrogen (secondary N) is 1. The number of thioether (sulfide) groups is 1. The maximum absolute atomic E-state index is 12.4. The highest BCUT2D eigenvalue weighted by Crippen LogP contribution is 2.41. The van der Waals surface area contributed by atoms with Gasteiger partial charge in [-0.1, -0.05) is 0 Å². The molecule has 2 aliphatic rings. The number of nitrogens with zero attached hydrogens (tertiary/aromatic N) is 1. The lowest BCUT2D eigenvalue weighted by atomic mass is 9.91. The van der Waals surface area contributed by atoms with Gasteiger partial charge < -0.3 is 10.2 Å². The minimum Gasteiger partial charge on any atom is -0.340 e. The first-order valence-corrected chi connectivity index (χ1v) is 8.06. The van der Waals surface area contributed by atoms with Gasteiger partial charge >= 0.3 is 0 Å². The Morgan fingerprint density at radius 2 is 2.11 bits per heavy atom. The van der Waals surface area contributed by atoms with Crippen LogP contribution in [0.5, 0.6) is 0 Å². The van der Waals surface area contributed by atoms with Crippen molar-refractivity contribution in [2.45, 2.75) is 38.1 Å². The predicted octanol–water partition coefficient (Wildman–Crippen LogP) is 1.26. The molecule has 18 heavy (non-hydrogen) atoms. The minimum atomic E-state index is -0.630. The quantitative estimate of drug-likeness (QED) is 0.739. The third-order valence-electron chi connectivity index (χ3n) is 3.89. The molecule has 0 aromatic carbocycles. The van der Waals surface area contributed by atoms with E-state index >= 15 is 0 Å². The average molecular weight is 270 g/mol. The molecule has 1 N–H and O–H groups in total. The Kier molecular flexibility index (Phi) is 4.20. The first kappa shape index (κ1) is 13.7. The molecule has 2 amide bonds. The second kappa shape index (κ2) is 5.51. The molecule has 0 aromatic heterocycles. The van der Waals surface area contributed by atoms with E-state index in [4.69, 9.17) is 0 Å². The molecule has 1 aliphatic carbocycles. The van der Waals surface area contributed by atoms with Crippen LogP contribution in [0.15, 0.2) is 0 Å². The van der Waals surface area contributed by atoms with Gasteiger partial charge in [0.15, 0.2) is 0 Å². The van der Waals surface area contributed by atoms with E-state index in [2.05, 4.69) is 11.6 Å². The van der Waals surface area contributed by atoms with Gasteiger partial charge in [-0.3, -0.25) is 9.59 Å². The summed E-state index contributed by atoms with van der Waals surface area (Å²) >= 11 is 1.82. The molecular weight excluding hydrogens is 248 g/mol. The van der Waals surface area contributed by atoms with E-state index in [1.165, 1.54) is 0 Å². The molecular formula is C13H22N2O2S. The Balaban J connectivity index is 1.93. The van der Waals surface area contributed by atoms with Crippen LogP contribution in [0.4, 0.5) is 0 Å². The summed E-state index contributed by atoms with van der Waals surface area (Å²) in [7, 11) is 0. The van der Waals surface area contributed by atoms with Crippen LogP contribution in [-0.2, 0) is 9.59 Å². The summed E-state index contributed by atoms with van der Waals surface area (Å²) in [5.41, 5.74) is -0.630. The van der Waals surface area contributed by atoms with E-state index in [1.807, 2.05) is 18.7 Å². The van der Waals surface area contributed by atoms with E-state index in [0.29, 0.717) is 5.92 Å². The van der Waals surface area contributed by atoms with Crippen LogP contribution in [0.3, 0.4) is 0 Å². The minimum absolute atomic E-state index is 0.00568. The molecule has 4 nitrogen and oxygen atoms in total. The molecule has 5 heteroatoms. The van der Waals surface area contributed by atoms with Crippen molar-refractivity contribution in [3.05, 3.63) is 0 Å². The fourth-order valence-corrected chi connectivity index (χ4v) is 3.12. The number of carbonyl (C=O) groups excluding carboxylic acids is 2. The molecule has 1 atom stereocenters. The van der Waals surface area contributed by atoms with Crippen molar-refractivity contribution in [1.82, 2.24) is 10.2 Å². The highest BCUT2D eigenvalue weighted by atomic mass is 32.2. The van der Waals surface area contributed by atoms with Gasteiger partial charge in [-0.2, -0.15) is 11.8 Å². The molecule has 1 unspecified atom stereocenters. The molecule has 0 spiro atoms. The monoisotopic (exact) mass is 270 g/mol. The number of hydrogen-bond acceptors (Lipinski definition) is 3. The van der Waals surface area contributed by atoms with Crippen molar-refractivity contribution < 1.29 is 9.59 Å². The highest BCUT2D eigenvalue weighted by molar-refractivity contribution is 7.98. The van der Waals surface area contributed by atoms with Crippen molar-refractivity contribution in [2.75, 3.05) is 25.1 Å². The Morgan fingerprint density at radius 3 is 2.72 bits per heavy atom. The topological polar surface area (TPSA) is 49.4 Å². The zero-order valence-corrected chi connectivity index (χ0v) is 12.0. The Labute approximate surface area is 113 Å². The number of unbranched alkanes of at least 4 members (excludes halogenated alkanes) is 1. The Bertz CT molecular complexity index is 344. The Hall–Kier alpha value is -0.710. The highest BCUT2D eigenvalue weighted by Gasteiger charge is 2.52. The fraction of sp³-hybridized carbons (Fsp3) is 0.846. The first-order chi connectivity index (χ1) is 8.58. The van der Waals surface area contributed by atoms with Gasteiger partial charge in [0.1, 0.15) is 5.54 Å². The normalized spacial score (nSPS) is 28.4. The van der Waals surface area contributed by atoms with Crippen LogP contribution in [0.25, 0.3) is 0 Å². The molecule has 2 fully saturated rings. The second-order valence-corrected chi connectivity index (χ2v) is 6.44. The molecule has 1 aliphatic heterocycles. The van der Waals surface area contributed by atoms with Crippen molar-refractivity contribution >= 4 is 23.6 Å². The number of carbonyl (C=O) groups is 2. The summed E-state index contributed by atoms with van der Waals surface area (Å²) in [5.74, 6) is 1.58. The third-order valence-corrected chi connectivity index (χ3v) is 4.58. The van der Waals surface area contributed by atoms with Crippen molar-refractivity contribution in [1.29, 1.82) is 0 Å². The molecule has 2 rings (SSSR count). The van der Waals surface area contributed by atoms with Gasteiger partial charge in [0.2, 0.25) is 11.8 Å². The summed E-state index contributed by atoms with van der Waals surface area (Å²) in [6.07, 6.45) is 6.29. The first-order valence-electron chi connectivity index (χ1n) is 6.67. The van der Waals surface area contributed by atoms with Gasteiger partial charge in [-0.15, -0.1) is 0 Å². The van der Waals surface area contributed by atoms with Crippen molar-refractivity contribution in [3.63, 3.8) is 0 Å². The fourth-order valence-electron chi connectivity index (χ4n) is 2.62. The van der Waals surface area contributed by atoms with Crippen LogP contribution >= 0.6 is 11.8 Å². The van der Waals surface area contributed by atoms with Gasteiger partial charge in [-0.25, -0.2) is 0 Å². The molecule has 0 bridgehead atoms. The van der Waals surface area contributed by atoms with E-state index < -0.39 is 5.54 Å². The smallest absolute Gasteiger partial charge is 0.248 e. The zero-order valence-electron chi connectivity index (χ0n) is 11.2. The zero-order chi connectivity index (χ0) is 13.2. The van der Waals surface area contributed by atoms with E-state index in [9.17, 15) is 9.59 Å². The summed E-state index contributed by atoms with van der Waals surface area (Å²) in [6.45, 7) is 2.84. The number of piperazine rings is 1. The number of hydrogen-bond donors (Lipinski definition) is 1. The van der Waals surface area contributed by atoms with Crippen LogP contribution < -0.4 is 5.32 Å². The van der Waals surface area contributed by atoms with Crippen LogP contribution in [0.1, 0.15) is 32.6 Å². The van der Waals surface area contributed by atoms with Crippen LogP contribution in [-0.4, -0.2) is 47.4 Å². The average Bonchev–Trinajstić information content (AvgIpc) is 3.14. The van der Waals surface area contributed by atoms with Crippen LogP contribution in [0, 0.1) is 5.92 Å². The number of amides is 2. The maximum Gasteiger partial charge on any atom is 0.248 e. The van der Waals surface area contributed by atoms with Gasteiger partial charge in [0.05, 0.1) is 6.54 Å². The molecule has 0 aromatic rings. The largest absolute Gasteiger partial charge is 0.340 e. The van der Waals surface area contributed by atoms with E-state index in [1.54, 1.807) is 4.90 Å². The molecule has 1 saturated heterocycles. The lowest BCUT2D eigenvalue weighted by molar-refractivity contribution is -0.150. The third kappa shape index (κ3) is 2.82. The summed E-state index contributed by atoms with van der Waals surface area (Å²) in [5, 5.41) is 2.90.